The minimum Gasteiger partial charge on any atom is -0.453 e. The van der Waals surface area contributed by atoms with Crippen molar-refractivity contribution in [2.45, 2.75) is 129 Å². The summed E-state index contributed by atoms with van der Waals surface area (Å²) < 4.78 is 7.17. The third-order valence-corrected chi connectivity index (χ3v) is 19.8. The maximum absolute atomic E-state index is 7.17. The molecule has 4 nitrogen and oxygen atoms in total. The molecule has 0 amide bonds. The Morgan fingerprint density at radius 1 is 0.341 bits per heavy atom. The molecule has 436 valence electrons. The molecule has 0 fully saturated rings. The summed E-state index contributed by atoms with van der Waals surface area (Å²) in [7, 11) is 0. The summed E-state index contributed by atoms with van der Waals surface area (Å²) in [5.41, 5.74) is 26.4. The molecule has 1 atom stereocenters. The fourth-order valence-electron chi connectivity index (χ4n) is 15.3. The first-order valence-corrected chi connectivity index (χ1v) is 31.7. The van der Waals surface area contributed by atoms with Crippen LogP contribution in [0.2, 0.25) is 0 Å². The van der Waals surface area contributed by atoms with E-state index in [1.807, 2.05) is 0 Å². The summed E-state index contributed by atoms with van der Waals surface area (Å²) in [5, 5.41) is 2.41. The van der Waals surface area contributed by atoms with E-state index in [0.717, 1.165) is 62.7 Å². The first kappa shape index (κ1) is 55.5. The largest absolute Gasteiger partial charge is 0.453 e. The fourth-order valence-corrected chi connectivity index (χ4v) is 15.3. The topological polar surface area (TPSA) is 19.0 Å². The summed E-state index contributed by atoms with van der Waals surface area (Å²) in [5.74, 6) is 1.68. The summed E-state index contributed by atoms with van der Waals surface area (Å²) in [6.45, 7) is 32.6. The highest BCUT2D eigenvalue weighted by Gasteiger charge is 2.57. The molecule has 1 unspecified atom stereocenters. The standard InChI is InChI=1S/C84H79N3O/c1-79(2,3)52-34-42-56(43-35-52)85(57-44-36-53(37-45-57)80(4,5)6)70-50-66-74(61-25-16-15-24-60(61)70)76-67(84(66)64-28-19-20-30-68(64)87-69-31-21-22-32-72(69)88-73-33-23-29-65(84)78(73)87)51-71(75-62-26-17-18-27-63(62)83(13,14)77(75)76)86(58-46-38-54(39-47-58)81(7,8)9)59-48-40-55(41-49-59)82(10,11)12/h15-51H,1-14H3. The van der Waals surface area contributed by atoms with Gasteiger partial charge in [-0.3, -0.25) is 0 Å². The smallest absolute Gasteiger partial charge is 0.151 e. The van der Waals surface area contributed by atoms with Crippen LogP contribution >= 0.6 is 0 Å². The van der Waals surface area contributed by atoms with Crippen LogP contribution in [0.1, 0.15) is 153 Å². The van der Waals surface area contributed by atoms with Gasteiger partial charge in [-0.1, -0.05) is 236 Å². The van der Waals surface area contributed by atoms with Crippen molar-refractivity contribution >= 4 is 62.0 Å². The molecule has 0 aromatic heterocycles. The lowest BCUT2D eigenvalue weighted by molar-refractivity contribution is 0.473. The van der Waals surface area contributed by atoms with Gasteiger partial charge < -0.3 is 19.4 Å². The van der Waals surface area contributed by atoms with Gasteiger partial charge in [0.25, 0.3) is 0 Å². The van der Waals surface area contributed by atoms with Crippen LogP contribution in [-0.4, -0.2) is 0 Å². The van der Waals surface area contributed by atoms with Crippen molar-refractivity contribution in [3.63, 3.8) is 0 Å². The molecule has 0 radical (unpaired) electrons. The van der Waals surface area contributed by atoms with E-state index in [-0.39, 0.29) is 21.7 Å². The Hall–Kier alpha value is -9.12. The molecule has 4 aliphatic rings. The predicted molar refractivity (Wildman–Crippen MR) is 371 cm³/mol. The summed E-state index contributed by atoms with van der Waals surface area (Å²) in [6, 6.07) is 86.1. The third-order valence-electron chi connectivity index (χ3n) is 19.8. The Bertz CT molecular complexity index is 4520. The van der Waals surface area contributed by atoms with Gasteiger partial charge in [-0.15, -0.1) is 0 Å². The lowest BCUT2D eigenvalue weighted by Gasteiger charge is -2.47. The van der Waals surface area contributed by atoms with Gasteiger partial charge in [0.2, 0.25) is 0 Å². The van der Waals surface area contributed by atoms with Crippen LogP contribution in [0.3, 0.4) is 0 Å². The van der Waals surface area contributed by atoms with Crippen LogP contribution in [-0.2, 0) is 32.5 Å². The van der Waals surface area contributed by atoms with Crippen molar-refractivity contribution in [2.24, 2.45) is 0 Å². The number of rotatable bonds is 6. The lowest BCUT2D eigenvalue weighted by atomic mass is 9.63. The van der Waals surface area contributed by atoms with Gasteiger partial charge in [-0.2, -0.15) is 0 Å². The molecule has 1 spiro atoms. The number of nitrogens with zero attached hydrogens (tertiary/aromatic N) is 3. The van der Waals surface area contributed by atoms with Gasteiger partial charge in [-0.25, -0.2) is 0 Å². The third kappa shape index (κ3) is 8.16. The Kier molecular flexibility index (Phi) is 12.1. The van der Waals surface area contributed by atoms with E-state index in [2.05, 4.69) is 336 Å². The predicted octanol–water partition coefficient (Wildman–Crippen LogP) is 23.5. The van der Waals surface area contributed by atoms with Crippen LogP contribution in [0.4, 0.5) is 51.2 Å². The van der Waals surface area contributed by atoms with Crippen LogP contribution in [0.15, 0.2) is 224 Å². The number of ether oxygens (including phenoxy) is 1. The molecule has 2 aliphatic carbocycles. The average molecular weight is 1150 g/mol. The summed E-state index contributed by atoms with van der Waals surface area (Å²) in [6.07, 6.45) is 0. The highest BCUT2D eigenvalue weighted by atomic mass is 16.5. The first-order valence-electron chi connectivity index (χ1n) is 31.7. The Labute approximate surface area is 521 Å². The normalized spacial score (nSPS) is 15.8. The molecule has 2 aliphatic heterocycles. The Morgan fingerprint density at radius 2 is 0.750 bits per heavy atom. The molecule has 11 aromatic rings. The second kappa shape index (κ2) is 19.2. The van der Waals surface area contributed by atoms with Crippen molar-refractivity contribution in [3.8, 4) is 33.8 Å². The highest BCUT2D eigenvalue weighted by molar-refractivity contribution is 6.15. The van der Waals surface area contributed by atoms with Crippen molar-refractivity contribution in [3.05, 3.63) is 280 Å². The molecule has 0 saturated carbocycles. The number of para-hydroxylation sites is 4. The number of hydrogen-bond donors (Lipinski definition) is 0. The zero-order valence-corrected chi connectivity index (χ0v) is 53.6. The zero-order chi connectivity index (χ0) is 61.2. The Morgan fingerprint density at radius 3 is 1.28 bits per heavy atom. The number of hydrogen-bond acceptors (Lipinski definition) is 4. The van der Waals surface area contributed by atoms with Crippen molar-refractivity contribution < 1.29 is 4.74 Å². The molecular formula is C84H79N3O. The first-order chi connectivity index (χ1) is 42.0. The molecule has 0 bridgehead atoms. The SMILES string of the molecule is CC(C)(C)c1ccc(N(c2ccc(C(C)(C)C)cc2)c2cc3c(c4c2-c2ccccc2C4(C)C)-c2c(cc(N(c4ccc(C(C)(C)C)cc4)c4ccc(C(C)(C)C)cc4)c4ccccc24)C32c3ccccc3N3c4ccccc4Oc4cccc2c43)cc1. The highest BCUT2D eigenvalue weighted by Crippen LogP contribution is 2.72. The average Bonchev–Trinajstić information content (AvgIpc) is 1.44. The van der Waals surface area contributed by atoms with Crippen LogP contribution in [0.25, 0.3) is 33.0 Å². The van der Waals surface area contributed by atoms with E-state index >= 15 is 0 Å². The Balaban J connectivity index is 1.13. The quantitative estimate of drug-likeness (QED) is 0.165. The van der Waals surface area contributed by atoms with Gasteiger partial charge in [0.15, 0.2) is 11.5 Å². The van der Waals surface area contributed by atoms with E-state index in [1.54, 1.807) is 0 Å². The summed E-state index contributed by atoms with van der Waals surface area (Å²) in [4.78, 5) is 7.62. The zero-order valence-electron chi connectivity index (χ0n) is 53.6. The van der Waals surface area contributed by atoms with Crippen molar-refractivity contribution in [1.29, 1.82) is 0 Å². The van der Waals surface area contributed by atoms with Crippen LogP contribution in [0.5, 0.6) is 11.5 Å². The second-order valence-corrected chi connectivity index (χ2v) is 29.8. The van der Waals surface area contributed by atoms with Gasteiger partial charge >= 0.3 is 0 Å². The van der Waals surface area contributed by atoms with E-state index in [4.69, 9.17) is 4.74 Å². The lowest BCUT2D eigenvalue weighted by Crippen LogP contribution is -2.37. The monoisotopic (exact) mass is 1150 g/mol. The molecule has 11 aromatic carbocycles. The fraction of sp³-hybridized carbons (Fsp3) is 0.238. The van der Waals surface area contributed by atoms with Crippen molar-refractivity contribution in [1.82, 2.24) is 0 Å². The number of benzene rings is 11. The molecule has 4 heteroatoms. The maximum atomic E-state index is 7.17. The van der Waals surface area contributed by atoms with Gasteiger partial charge in [0.05, 0.1) is 33.9 Å². The molecule has 15 rings (SSSR count). The van der Waals surface area contributed by atoms with Crippen molar-refractivity contribution in [2.75, 3.05) is 14.7 Å². The molecule has 0 N–H and O–H groups in total. The maximum Gasteiger partial charge on any atom is 0.151 e. The van der Waals surface area contributed by atoms with Crippen LogP contribution in [0, 0.1) is 0 Å². The molecule has 2 heterocycles. The summed E-state index contributed by atoms with van der Waals surface area (Å²) >= 11 is 0. The van der Waals surface area contributed by atoms with Gasteiger partial charge in [0, 0.05) is 39.1 Å². The van der Waals surface area contributed by atoms with E-state index in [1.165, 1.54) is 88.7 Å². The molecular weight excluding hydrogens is 1070 g/mol. The van der Waals surface area contributed by atoms with E-state index in [0.29, 0.717) is 0 Å². The molecule has 0 saturated heterocycles. The minimum absolute atomic E-state index is 0.0225. The van der Waals surface area contributed by atoms with E-state index < -0.39 is 10.8 Å². The number of anilines is 9. The van der Waals surface area contributed by atoms with Crippen LogP contribution < -0.4 is 19.4 Å². The minimum atomic E-state index is -0.901. The van der Waals surface area contributed by atoms with Gasteiger partial charge in [-0.05, 0) is 184 Å². The van der Waals surface area contributed by atoms with E-state index in [9.17, 15) is 0 Å². The molecule has 88 heavy (non-hydrogen) atoms. The number of fused-ring (bicyclic) bond motifs is 17. The second-order valence-electron chi connectivity index (χ2n) is 29.8. The van der Waals surface area contributed by atoms with Gasteiger partial charge in [0.1, 0.15) is 0 Å².